The molecule has 0 spiro atoms. The SMILES string of the molecule is CC(NC(=O)C1CSc2ccccc21)C(O)Cc1ccccc1. The Kier molecular flexibility index (Phi) is 5.03. The Hall–Kier alpha value is -1.78. The quantitative estimate of drug-likeness (QED) is 0.887. The number of carbonyl (C=O) groups is 1. The second-order valence-electron chi connectivity index (χ2n) is 5.96. The Morgan fingerprint density at radius 1 is 1.22 bits per heavy atom. The fourth-order valence-corrected chi connectivity index (χ4v) is 4.06. The van der Waals surface area contributed by atoms with E-state index < -0.39 is 6.10 Å². The van der Waals surface area contributed by atoms with Gasteiger partial charge in [0.1, 0.15) is 0 Å². The molecule has 1 amide bonds. The van der Waals surface area contributed by atoms with E-state index in [9.17, 15) is 9.90 Å². The third-order valence-electron chi connectivity index (χ3n) is 4.25. The highest BCUT2D eigenvalue weighted by Gasteiger charge is 2.30. The first-order chi connectivity index (χ1) is 11.1. The van der Waals surface area contributed by atoms with E-state index in [1.54, 1.807) is 11.8 Å². The van der Waals surface area contributed by atoms with Gasteiger partial charge in [-0.2, -0.15) is 0 Å². The molecule has 0 aliphatic carbocycles. The number of benzene rings is 2. The molecule has 3 rings (SSSR count). The van der Waals surface area contributed by atoms with Crippen molar-refractivity contribution >= 4 is 17.7 Å². The van der Waals surface area contributed by atoms with Crippen molar-refractivity contribution in [1.82, 2.24) is 5.32 Å². The number of fused-ring (bicyclic) bond motifs is 1. The topological polar surface area (TPSA) is 49.3 Å². The lowest BCUT2D eigenvalue weighted by Crippen LogP contribution is -2.44. The largest absolute Gasteiger partial charge is 0.391 e. The van der Waals surface area contributed by atoms with Crippen LogP contribution in [-0.4, -0.2) is 28.9 Å². The molecule has 0 saturated heterocycles. The zero-order valence-corrected chi connectivity index (χ0v) is 13.9. The Balaban J connectivity index is 1.59. The van der Waals surface area contributed by atoms with Crippen LogP contribution < -0.4 is 5.32 Å². The number of hydrogen-bond donors (Lipinski definition) is 2. The van der Waals surface area contributed by atoms with Gasteiger partial charge >= 0.3 is 0 Å². The summed E-state index contributed by atoms with van der Waals surface area (Å²) in [5, 5.41) is 13.3. The molecule has 0 aromatic heterocycles. The first-order valence-corrected chi connectivity index (χ1v) is 8.88. The van der Waals surface area contributed by atoms with Gasteiger partial charge in [0.15, 0.2) is 0 Å². The normalized spacial score (nSPS) is 19.0. The van der Waals surface area contributed by atoms with Crippen LogP contribution in [-0.2, 0) is 11.2 Å². The molecule has 3 atom stereocenters. The first kappa shape index (κ1) is 16.1. The van der Waals surface area contributed by atoms with Crippen LogP contribution in [0.3, 0.4) is 0 Å². The molecular formula is C19H21NO2S. The standard InChI is InChI=1S/C19H21NO2S/c1-13(17(21)11-14-7-3-2-4-8-14)20-19(22)16-12-23-18-10-6-5-9-15(16)18/h2-10,13,16-17,21H,11-12H2,1H3,(H,20,22). The van der Waals surface area contributed by atoms with E-state index in [4.69, 9.17) is 0 Å². The van der Waals surface area contributed by atoms with Crippen molar-refractivity contribution in [2.75, 3.05) is 5.75 Å². The van der Waals surface area contributed by atoms with E-state index in [-0.39, 0.29) is 17.9 Å². The molecule has 0 radical (unpaired) electrons. The summed E-state index contributed by atoms with van der Waals surface area (Å²) >= 11 is 1.72. The molecule has 0 fully saturated rings. The van der Waals surface area contributed by atoms with E-state index in [0.717, 1.165) is 16.9 Å². The molecule has 1 aliphatic rings. The summed E-state index contributed by atoms with van der Waals surface area (Å²) in [6, 6.07) is 17.6. The van der Waals surface area contributed by atoms with Crippen molar-refractivity contribution in [3.05, 3.63) is 65.7 Å². The van der Waals surface area contributed by atoms with Crippen LogP contribution in [0.5, 0.6) is 0 Å². The van der Waals surface area contributed by atoms with Crippen LogP contribution in [0.15, 0.2) is 59.5 Å². The highest BCUT2D eigenvalue weighted by molar-refractivity contribution is 7.99. The van der Waals surface area contributed by atoms with E-state index in [1.165, 1.54) is 4.90 Å². The lowest BCUT2D eigenvalue weighted by Gasteiger charge is -2.22. The summed E-state index contributed by atoms with van der Waals surface area (Å²) in [6.07, 6.45) is -0.0520. The summed E-state index contributed by atoms with van der Waals surface area (Å²) in [5.74, 6) is 0.650. The summed E-state index contributed by atoms with van der Waals surface area (Å²) in [4.78, 5) is 13.7. The fourth-order valence-electron chi connectivity index (χ4n) is 2.83. The molecule has 2 N–H and O–H groups in total. The minimum atomic E-state index is -0.592. The Labute approximate surface area is 141 Å². The van der Waals surface area contributed by atoms with Crippen molar-refractivity contribution in [3.8, 4) is 0 Å². The van der Waals surface area contributed by atoms with E-state index in [1.807, 2.05) is 55.5 Å². The average molecular weight is 327 g/mol. The molecule has 4 heteroatoms. The maximum absolute atomic E-state index is 12.5. The Morgan fingerprint density at radius 3 is 2.70 bits per heavy atom. The summed E-state index contributed by atoms with van der Waals surface area (Å²) in [6.45, 7) is 1.86. The molecule has 3 nitrogen and oxygen atoms in total. The minimum Gasteiger partial charge on any atom is -0.391 e. The second kappa shape index (κ2) is 7.20. The highest BCUT2D eigenvalue weighted by Crippen LogP contribution is 2.39. The smallest absolute Gasteiger partial charge is 0.228 e. The van der Waals surface area contributed by atoms with Crippen molar-refractivity contribution in [3.63, 3.8) is 0 Å². The number of aliphatic hydroxyl groups excluding tert-OH is 1. The van der Waals surface area contributed by atoms with Crippen LogP contribution in [0.1, 0.15) is 24.0 Å². The van der Waals surface area contributed by atoms with E-state index in [2.05, 4.69) is 11.4 Å². The molecule has 120 valence electrons. The summed E-state index contributed by atoms with van der Waals surface area (Å²) in [5.41, 5.74) is 2.17. The van der Waals surface area contributed by atoms with Gasteiger partial charge in [0.25, 0.3) is 0 Å². The number of carbonyl (C=O) groups excluding carboxylic acids is 1. The lowest BCUT2D eigenvalue weighted by atomic mass is 9.98. The second-order valence-corrected chi connectivity index (χ2v) is 7.02. The van der Waals surface area contributed by atoms with Crippen molar-refractivity contribution in [1.29, 1.82) is 0 Å². The third-order valence-corrected chi connectivity index (χ3v) is 5.43. The molecule has 0 saturated carbocycles. The van der Waals surface area contributed by atoms with Crippen LogP contribution in [0.2, 0.25) is 0 Å². The first-order valence-electron chi connectivity index (χ1n) is 7.89. The van der Waals surface area contributed by atoms with Crippen LogP contribution in [0.25, 0.3) is 0 Å². The monoisotopic (exact) mass is 327 g/mol. The summed E-state index contributed by atoms with van der Waals surface area (Å²) in [7, 11) is 0. The van der Waals surface area contributed by atoms with E-state index >= 15 is 0 Å². The molecule has 2 aromatic carbocycles. The van der Waals surface area contributed by atoms with Crippen molar-refractivity contribution in [2.45, 2.75) is 36.3 Å². The van der Waals surface area contributed by atoms with Gasteiger partial charge in [0, 0.05) is 17.1 Å². The highest BCUT2D eigenvalue weighted by atomic mass is 32.2. The summed E-state index contributed by atoms with van der Waals surface area (Å²) < 4.78 is 0. The number of aliphatic hydroxyl groups is 1. The minimum absolute atomic E-state index is 0.00191. The predicted octanol–water partition coefficient (Wildman–Crippen LogP) is 2.98. The van der Waals surface area contributed by atoms with Crippen molar-refractivity contribution < 1.29 is 9.90 Å². The van der Waals surface area contributed by atoms with Crippen LogP contribution in [0, 0.1) is 0 Å². The maximum Gasteiger partial charge on any atom is 0.228 e. The van der Waals surface area contributed by atoms with Gasteiger partial charge in [-0.15, -0.1) is 11.8 Å². The van der Waals surface area contributed by atoms with Gasteiger partial charge in [-0.05, 0) is 24.1 Å². The van der Waals surface area contributed by atoms with Gasteiger partial charge in [-0.3, -0.25) is 4.79 Å². The molecule has 1 aliphatic heterocycles. The van der Waals surface area contributed by atoms with Gasteiger partial charge in [0.2, 0.25) is 5.91 Å². The van der Waals surface area contributed by atoms with Gasteiger partial charge in [-0.25, -0.2) is 0 Å². The molecule has 23 heavy (non-hydrogen) atoms. The number of hydrogen-bond acceptors (Lipinski definition) is 3. The maximum atomic E-state index is 12.5. The van der Waals surface area contributed by atoms with Crippen molar-refractivity contribution in [2.24, 2.45) is 0 Å². The van der Waals surface area contributed by atoms with Gasteiger partial charge < -0.3 is 10.4 Å². The average Bonchev–Trinajstić information content (AvgIpc) is 2.99. The number of rotatable bonds is 5. The van der Waals surface area contributed by atoms with Crippen LogP contribution >= 0.6 is 11.8 Å². The Bertz CT molecular complexity index is 674. The van der Waals surface area contributed by atoms with Gasteiger partial charge in [-0.1, -0.05) is 48.5 Å². The molecular weight excluding hydrogens is 306 g/mol. The van der Waals surface area contributed by atoms with Crippen LogP contribution in [0.4, 0.5) is 0 Å². The molecule has 0 bridgehead atoms. The molecule has 1 heterocycles. The zero-order chi connectivity index (χ0) is 16.2. The number of amides is 1. The predicted molar refractivity (Wildman–Crippen MR) is 93.7 cm³/mol. The number of thioether (sulfide) groups is 1. The number of nitrogens with one attached hydrogen (secondary N) is 1. The molecule has 3 unspecified atom stereocenters. The lowest BCUT2D eigenvalue weighted by molar-refractivity contribution is -0.123. The fraction of sp³-hybridized carbons (Fsp3) is 0.316. The van der Waals surface area contributed by atoms with E-state index in [0.29, 0.717) is 6.42 Å². The molecule has 2 aromatic rings. The zero-order valence-electron chi connectivity index (χ0n) is 13.1. The van der Waals surface area contributed by atoms with Gasteiger partial charge in [0.05, 0.1) is 18.1 Å². The Morgan fingerprint density at radius 2 is 1.91 bits per heavy atom. The third kappa shape index (κ3) is 3.77.